The van der Waals surface area contributed by atoms with Gasteiger partial charge >= 0.3 is 0 Å². The molecule has 3 aromatic carbocycles. The van der Waals surface area contributed by atoms with Crippen LogP contribution in [0.2, 0.25) is 0 Å². The van der Waals surface area contributed by atoms with Crippen molar-refractivity contribution in [3.63, 3.8) is 0 Å². The van der Waals surface area contributed by atoms with E-state index >= 15 is 0 Å². The Balaban J connectivity index is 1.73. The summed E-state index contributed by atoms with van der Waals surface area (Å²) in [6.45, 7) is 0. The Morgan fingerprint density at radius 2 is 1.28 bits per heavy atom. The van der Waals surface area contributed by atoms with Crippen LogP contribution in [0, 0.1) is 0 Å². The van der Waals surface area contributed by atoms with Crippen molar-refractivity contribution < 1.29 is 4.57 Å². The molecule has 0 radical (unpaired) electrons. The second-order valence-electron chi connectivity index (χ2n) is 6.69. The minimum Gasteiger partial charge on any atom is -0.340 e. The van der Waals surface area contributed by atoms with E-state index in [4.69, 9.17) is 0 Å². The SMILES string of the molecule is Cn1c(/C=N\Nc2ccccc2)ccc1P(=O)(c1ccccc1)c1ccccc1. The van der Waals surface area contributed by atoms with Gasteiger partial charge in [0.1, 0.15) is 0 Å². The van der Waals surface area contributed by atoms with Gasteiger partial charge < -0.3 is 9.13 Å². The van der Waals surface area contributed by atoms with E-state index in [0.717, 1.165) is 27.4 Å². The van der Waals surface area contributed by atoms with Crippen molar-refractivity contribution in [1.82, 2.24) is 4.57 Å². The maximum atomic E-state index is 14.5. The maximum Gasteiger partial charge on any atom is 0.186 e. The largest absolute Gasteiger partial charge is 0.340 e. The molecule has 0 atom stereocenters. The van der Waals surface area contributed by atoms with Crippen molar-refractivity contribution in [2.24, 2.45) is 12.1 Å². The second-order valence-corrected chi connectivity index (χ2v) is 9.40. The van der Waals surface area contributed by atoms with E-state index in [1.54, 1.807) is 6.21 Å². The Morgan fingerprint density at radius 3 is 1.83 bits per heavy atom. The van der Waals surface area contributed by atoms with Gasteiger partial charge in [-0.15, -0.1) is 0 Å². The third kappa shape index (κ3) is 3.80. The molecule has 4 rings (SSSR count). The first kappa shape index (κ1) is 19.0. The highest BCUT2D eigenvalue weighted by Gasteiger charge is 2.32. The van der Waals surface area contributed by atoms with Crippen molar-refractivity contribution in [2.45, 2.75) is 0 Å². The van der Waals surface area contributed by atoms with Crippen molar-refractivity contribution in [1.29, 1.82) is 0 Å². The van der Waals surface area contributed by atoms with Gasteiger partial charge in [0.15, 0.2) is 7.14 Å². The number of para-hydroxylation sites is 1. The fourth-order valence-electron chi connectivity index (χ4n) is 3.34. The number of nitrogens with zero attached hydrogens (tertiary/aromatic N) is 2. The lowest BCUT2D eigenvalue weighted by atomic mass is 10.3. The van der Waals surface area contributed by atoms with Crippen molar-refractivity contribution in [2.75, 3.05) is 5.43 Å². The first-order valence-corrected chi connectivity index (χ1v) is 11.1. The first-order valence-electron chi connectivity index (χ1n) is 9.41. The summed E-state index contributed by atoms with van der Waals surface area (Å²) in [5.74, 6) is 0. The van der Waals surface area contributed by atoms with Crippen LogP contribution in [0.1, 0.15) is 5.69 Å². The Kier molecular flexibility index (Phi) is 5.46. The van der Waals surface area contributed by atoms with E-state index in [1.165, 1.54) is 0 Å². The van der Waals surface area contributed by atoms with Crippen LogP contribution < -0.4 is 21.5 Å². The molecule has 144 valence electrons. The molecule has 4 nitrogen and oxygen atoms in total. The summed E-state index contributed by atoms with van der Waals surface area (Å²) in [5, 5.41) is 5.96. The van der Waals surface area contributed by atoms with Crippen LogP contribution in [0.3, 0.4) is 0 Å². The number of hydrogen-bond acceptors (Lipinski definition) is 3. The van der Waals surface area contributed by atoms with Crippen LogP contribution in [0.5, 0.6) is 0 Å². The zero-order chi connectivity index (χ0) is 20.1. The maximum absolute atomic E-state index is 14.5. The lowest BCUT2D eigenvalue weighted by molar-refractivity contribution is 0.591. The average molecular weight is 399 g/mol. The summed E-state index contributed by atoms with van der Waals surface area (Å²) in [5.41, 5.74) is 5.58. The van der Waals surface area contributed by atoms with Crippen LogP contribution in [0.25, 0.3) is 0 Å². The molecule has 1 heterocycles. The highest BCUT2D eigenvalue weighted by molar-refractivity contribution is 7.85. The normalized spacial score (nSPS) is 11.6. The Bertz CT molecular complexity index is 1110. The highest BCUT2D eigenvalue weighted by atomic mass is 31.2. The second kappa shape index (κ2) is 8.34. The molecular weight excluding hydrogens is 377 g/mol. The standard InChI is InChI=1S/C24H22N3OP/c1-27-21(19-25-26-20-11-5-2-6-12-20)17-18-24(27)29(28,22-13-7-3-8-14-22)23-15-9-4-10-16-23/h2-19,26H,1H3/b25-19-. The Hall–Kier alpha value is -3.36. The third-order valence-corrected chi connectivity index (χ3v) is 8.01. The number of benzene rings is 3. The molecule has 5 heteroatoms. The summed E-state index contributed by atoms with van der Waals surface area (Å²) < 4.78 is 16.4. The zero-order valence-electron chi connectivity index (χ0n) is 16.1. The van der Waals surface area contributed by atoms with Crippen LogP contribution >= 0.6 is 7.14 Å². The molecular formula is C24H22N3OP. The number of aromatic nitrogens is 1. The monoisotopic (exact) mass is 399 g/mol. The molecule has 29 heavy (non-hydrogen) atoms. The highest BCUT2D eigenvalue weighted by Crippen LogP contribution is 2.42. The molecule has 1 N–H and O–H groups in total. The van der Waals surface area contributed by atoms with Crippen LogP contribution in [-0.4, -0.2) is 10.8 Å². The van der Waals surface area contributed by atoms with Crippen molar-refractivity contribution >= 4 is 35.1 Å². The third-order valence-electron chi connectivity index (χ3n) is 4.86. The lowest BCUT2D eigenvalue weighted by Gasteiger charge is -2.20. The van der Waals surface area contributed by atoms with Gasteiger partial charge in [0.05, 0.1) is 23.0 Å². The minimum atomic E-state index is -3.00. The Labute approximate surface area is 170 Å². The van der Waals surface area contributed by atoms with Gasteiger partial charge in [-0.2, -0.15) is 5.10 Å². The average Bonchev–Trinajstić information content (AvgIpc) is 3.16. The van der Waals surface area contributed by atoms with Gasteiger partial charge in [0.25, 0.3) is 0 Å². The topological polar surface area (TPSA) is 46.4 Å². The number of rotatable bonds is 6. The molecule has 0 fully saturated rings. The number of nitrogens with one attached hydrogen (secondary N) is 1. The molecule has 1 aromatic heterocycles. The van der Waals surface area contributed by atoms with E-state index < -0.39 is 7.14 Å². The molecule has 0 amide bonds. The van der Waals surface area contributed by atoms with Crippen molar-refractivity contribution in [3.8, 4) is 0 Å². The molecule has 0 aliphatic carbocycles. The first-order chi connectivity index (χ1) is 14.2. The predicted octanol–water partition coefficient (Wildman–Crippen LogP) is 4.11. The fraction of sp³-hybridized carbons (Fsp3) is 0.0417. The summed E-state index contributed by atoms with van der Waals surface area (Å²) in [7, 11) is -1.07. The molecule has 0 saturated heterocycles. The van der Waals surface area contributed by atoms with E-state index in [0.29, 0.717) is 0 Å². The van der Waals surface area contributed by atoms with Gasteiger partial charge in [-0.25, -0.2) is 0 Å². The quantitative estimate of drug-likeness (QED) is 0.301. The molecule has 0 aliphatic rings. The van der Waals surface area contributed by atoms with E-state index in [-0.39, 0.29) is 0 Å². The lowest BCUT2D eigenvalue weighted by Crippen LogP contribution is -2.29. The Morgan fingerprint density at radius 1 is 0.759 bits per heavy atom. The number of anilines is 1. The fourth-order valence-corrected chi connectivity index (χ4v) is 6.17. The van der Waals surface area contributed by atoms with Crippen molar-refractivity contribution in [3.05, 3.63) is 109 Å². The summed E-state index contributed by atoms with van der Waals surface area (Å²) in [4.78, 5) is 0. The van der Waals surface area contributed by atoms with Gasteiger partial charge in [-0.1, -0.05) is 78.9 Å². The molecule has 4 aromatic rings. The van der Waals surface area contributed by atoms with Crippen LogP contribution in [0.4, 0.5) is 5.69 Å². The van der Waals surface area contributed by atoms with E-state index in [2.05, 4.69) is 10.5 Å². The summed E-state index contributed by atoms with van der Waals surface area (Å²) in [6.07, 6.45) is 1.75. The van der Waals surface area contributed by atoms with Gasteiger partial charge in [-0.3, -0.25) is 5.43 Å². The summed E-state index contributed by atoms with van der Waals surface area (Å²) >= 11 is 0. The number of hydrogen-bond donors (Lipinski definition) is 1. The molecule has 0 spiro atoms. The number of hydrazone groups is 1. The zero-order valence-corrected chi connectivity index (χ0v) is 17.0. The summed E-state index contributed by atoms with van der Waals surface area (Å²) in [6, 6.07) is 33.0. The molecule has 0 saturated carbocycles. The van der Waals surface area contributed by atoms with E-state index in [1.807, 2.05) is 115 Å². The molecule has 0 bridgehead atoms. The van der Waals surface area contributed by atoms with Gasteiger partial charge in [0, 0.05) is 17.7 Å². The van der Waals surface area contributed by atoms with Crippen LogP contribution in [-0.2, 0) is 11.6 Å². The molecule has 0 unspecified atom stereocenters. The predicted molar refractivity (Wildman–Crippen MR) is 122 cm³/mol. The van der Waals surface area contributed by atoms with Crippen LogP contribution in [0.15, 0.2) is 108 Å². The smallest absolute Gasteiger partial charge is 0.186 e. The van der Waals surface area contributed by atoms with Gasteiger partial charge in [-0.05, 0) is 24.3 Å². The van der Waals surface area contributed by atoms with Gasteiger partial charge in [0.2, 0.25) is 0 Å². The molecule has 0 aliphatic heterocycles. The minimum absolute atomic E-state index is 0.774. The van der Waals surface area contributed by atoms with E-state index in [9.17, 15) is 4.57 Å².